The first-order valence-electron chi connectivity index (χ1n) is 17.1. The average Bonchev–Trinajstić information content (AvgIpc) is 3.55. The number of hydrogen-bond donors (Lipinski definition) is 0. The molecule has 0 N–H and O–H groups in total. The predicted molar refractivity (Wildman–Crippen MR) is 193 cm³/mol. The standard InChI is InChI=1S/C23H29.C13H19.C8H8.Zr/c1-14-9-16-11-17-10-15(2)21(23(6,7)8)13-19(17)18(16)12-20(14)22(3,4)5;1-11-6-7-12(10-11)13(2)8-4-3-5-9-13;1-2-8-6-4-3-5-7-8;/h9,12-13H,11H2,1-8H3;7,10-11H,3-5,8-9H2,1-2H3;3-7H,1H3;/q2*-1;;+2. The minimum Gasteiger partial charge on any atom is -0.176 e. The molecule has 0 bridgehead atoms. The molecule has 236 valence electrons. The van der Waals surface area contributed by atoms with E-state index in [1.54, 1.807) is 5.57 Å². The first-order valence-corrected chi connectivity index (χ1v) is 18.4. The molecule has 0 radical (unpaired) electrons. The number of fused-ring (bicyclic) bond motifs is 3. The summed E-state index contributed by atoms with van der Waals surface area (Å²) in [6, 6.07) is 21.4. The minimum absolute atomic E-state index is 0.163. The molecule has 45 heavy (non-hydrogen) atoms. The zero-order valence-corrected chi connectivity index (χ0v) is 32.6. The van der Waals surface area contributed by atoms with Crippen LogP contribution in [0.15, 0.2) is 66.3 Å². The van der Waals surface area contributed by atoms with Crippen LogP contribution in [0.3, 0.4) is 0 Å². The van der Waals surface area contributed by atoms with Crippen LogP contribution in [0.1, 0.15) is 133 Å². The van der Waals surface area contributed by atoms with E-state index in [-0.39, 0.29) is 10.8 Å². The number of rotatable bonds is 2. The fourth-order valence-electron chi connectivity index (χ4n) is 7.29. The zero-order chi connectivity index (χ0) is 33.2. The van der Waals surface area contributed by atoms with Crippen molar-refractivity contribution in [1.82, 2.24) is 0 Å². The third-order valence-electron chi connectivity index (χ3n) is 9.87. The summed E-state index contributed by atoms with van der Waals surface area (Å²) in [6.45, 7) is 25.1. The summed E-state index contributed by atoms with van der Waals surface area (Å²) >= 11 is 1.51. The van der Waals surface area contributed by atoms with Crippen molar-refractivity contribution in [2.75, 3.05) is 0 Å². The van der Waals surface area contributed by atoms with Crippen molar-refractivity contribution in [3.05, 3.63) is 117 Å². The van der Waals surface area contributed by atoms with Gasteiger partial charge in [-0.1, -0.05) is 129 Å². The summed E-state index contributed by atoms with van der Waals surface area (Å²) in [5, 5.41) is 0. The van der Waals surface area contributed by atoms with E-state index < -0.39 is 0 Å². The monoisotopic (exact) mass is 674 g/mol. The molecule has 0 amide bonds. The Bertz CT molecular complexity index is 1490. The Hall–Kier alpha value is -2.11. The molecular weight excluding hydrogens is 620 g/mol. The molecule has 0 spiro atoms. The van der Waals surface area contributed by atoms with Gasteiger partial charge in [0.25, 0.3) is 0 Å². The average molecular weight is 676 g/mol. The number of benzene rings is 3. The Labute approximate surface area is 291 Å². The third-order valence-corrected chi connectivity index (χ3v) is 10.6. The SMILES string of the molecule is CC1[C-]=CC(C2(C)CCCCC2)=C1.C[C](=[Zr+2])c1ccccc1.Cc1[c-]c2c(cc1C(C)(C)C)-c1cc(C(C)(C)C)c(C)cc1C2. The fourth-order valence-corrected chi connectivity index (χ4v) is 7.70. The van der Waals surface area contributed by atoms with Gasteiger partial charge in [-0.3, -0.25) is 6.08 Å². The minimum atomic E-state index is 0.163. The second kappa shape index (κ2) is 14.3. The van der Waals surface area contributed by atoms with E-state index in [1.165, 1.54) is 110 Å². The van der Waals surface area contributed by atoms with Crippen LogP contribution in [0, 0.1) is 37.3 Å². The first-order chi connectivity index (χ1) is 21.0. The van der Waals surface area contributed by atoms with Crippen LogP contribution >= 0.6 is 0 Å². The molecule has 6 rings (SSSR count). The summed E-state index contributed by atoms with van der Waals surface area (Å²) in [7, 11) is 0. The van der Waals surface area contributed by atoms with E-state index in [4.69, 9.17) is 0 Å². The maximum atomic E-state index is 3.69. The molecule has 0 heterocycles. The largest absolute Gasteiger partial charge is 0.176 e. The molecule has 1 saturated carbocycles. The molecule has 1 atom stereocenters. The van der Waals surface area contributed by atoms with E-state index in [2.05, 4.69) is 143 Å². The zero-order valence-electron chi connectivity index (χ0n) is 30.1. The van der Waals surface area contributed by atoms with Gasteiger partial charge in [-0.05, 0) is 35.4 Å². The first kappa shape index (κ1) is 35.7. The van der Waals surface area contributed by atoms with E-state index >= 15 is 0 Å². The Kier molecular flexibility index (Phi) is 11.4. The van der Waals surface area contributed by atoms with Crippen molar-refractivity contribution in [2.45, 2.75) is 126 Å². The van der Waals surface area contributed by atoms with Crippen LogP contribution in [0.2, 0.25) is 0 Å². The molecule has 1 heteroatoms. The van der Waals surface area contributed by atoms with Crippen LogP contribution in [0.5, 0.6) is 0 Å². The molecule has 1 unspecified atom stereocenters. The van der Waals surface area contributed by atoms with Gasteiger partial charge in [-0.2, -0.15) is 29.3 Å². The van der Waals surface area contributed by atoms with Crippen molar-refractivity contribution in [3.8, 4) is 11.1 Å². The topological polar surface area (TPSA) is 0 Å². The van der Waals surface area contributed by atoms with E-state index in [9.17, 15) is 0 Å². The number of allylic oxidation sites excluding steroid dienone is 4. The summed E-state index contributed by atoms with van der Waals surface area (Å²) in [4.78, 5) is 0. The Morgan fingerprint density at radius 1 is 0.844 bits per heavy atom. The second-order valence-corrected chi connectivity index (χ2v) is 17.9. The molecule has 0 saturated heterocycles. The van der Waals surface area contributed by atoms with Gasteiger partial charge in [0.2, 0.25) is 0 Å². The molecule has 0 aromatic heterocycles. The fraction of sp³-hybridized carbons (Fsp3) is 0.477. The Morgan fingerprint density at radius 3 is 1.96 bits per heavy atom. The van der Waals surface area contributed by atoms with Gasteiger partial charge in [0.1, 0.15) is 0 Å². The van der Waals surface area contributed by atoms with Gasteiger partial charge in [0, 0.05) is 0 Å². The van der Waals surface area contributed by atoms with Crippen molar-refractivity contribution < 1.29 is 24.2 Å². The van der Waals surface area contributed by atoms with Gasteiger partial charge in [0.15, 0.2) is 0 Å². The van der Waals surface area contributed by atoms with Gasteiger partial charge < -0.3 is 0 Å². The van der Waals surface area contributed by atoms with Crippen molar-refractivity contribution in [2.24, 2.45) is 11.3 Å². The van der Waals surface area contributed by atoms with Crippen molar-refractivity contribution in [3.63, 3.8) is 0 Å². The van der Waals surface area contributed by atoms with Crippen LogP contribution < -0.4 is 0 Å². The van der Waals surface area contributed by atoms with Gasteiger partial charge >= 0.3 is 70.3 Å². The third kappa shape index (κ3) is 8.83. The van der Waals surface area contributed by atoms with E-state index in [0.717, 1.165) is 6.42 Å². The quantitative estimate of drug-likeness (QED) is 0.186. The van der Waals surface area contributed by atoms with Crippen LogP contribution in [0.4, 0.5) is 0 Å². The van der Waals surface area contributed by atoms with E-state index in [1.807, 2.05) is 6.07 Å². The van der Waals surface area contributed by atoms with Crippen LogP contribution in [-0.4, -0.2) is 3.21 Å². The smallest absolute Gasteiger partial charge is 0.0129 e. The molecule has 3 aliphatic carbocycles. The van der Waals surface area contributed by atoms with Crippen LogP contribution in [-0.2, 0) is 41.5 Å². The molecule has 3 aromatic carbocycles. The summed E-state index contributed by atoms with van der Waals surface area (Å²) < 4.78 is 1.46. The molecule has 1 fully saturated rings. The van der Waals surface area contributed by atoms with Gasteiger partial charge in [-0.15, -0.1) is 16.7 Å². The summed E-state index contributed by atoms with van der Waals surface area (Å²) in [5.41, 5.74) is 15.0. The maximum Gasteiger partial charge on any atom is -0.0129 e. The van der Waals surface area contributed by atoms with Gasteiger partial charge in [-0.25, -0.2) is 6.08 Å². The summed E-state index contributed by atoms with van der Waals surface area (Å²) in [6.07, 6.45) is 16.0. The number of aryl methyl sites for hydroxylation is 2. The normalized spacial score (nSPS) is 18.2. The Balaban J connectivity index is 0.000000175. The van der Waals surface area contributed by atoms with Crippen molar-refractivity contribution >= 4 is 3.21 Å². The summed E-state index contributed by atoms with van der Waals surface area (Å²) in [5.74, 6) is 0.550. The molecule has 3 aromatic rings. The number of hydrogen-bond acceptors (Lipinski definition) is 0. The maximum absolute atomic E-state index is 3.69. The van der Waals surface area contributed by atoms with Gasteiger partial charge in [0.05, 0.1) is 0 Å². The molecule has 0 aliphatic heterocycles. The van der Waals surface area contributed by atoms with Crippen LogP contribution in [0.25, 0.3) is 11.1 Å². The molecular formula is C44H56Zr. The second-order valence-electron chi connectivity index (χ2n) is 16.0. The van der Waals surface area contributed by atoms with Crippen molar-refractivity contribution in [1.29, 1.82) is 0 Å². The molecule has 3 aliphatic rings. The molecule has 0 nitrogen and oxygen atoms in total. The predicted octanol–water partition coefficient (Wildman–Crippen LogP) is 11.9. The Morgan fingerprint density at radius 2 is 1.44 bits per heavy atom. The van der Waals surface area contributed by atoms with E-state index in [0.29, 0.717) is 11.3 Å².